The molecule has 3 aromatic rings. The second-order valence-electron chi connectivity index (χ2n) is 6.47. The molecule has 142 valence electrons. The van der Waals surface area contributed by atoms with Gasteiger partial charge in [-0.3, -0.25) is 14.1 Å². The lowest BCUT2D eigenvalue weighted by Gasteiger charge is -2.30. The summed E-state index contributed by atoms with van der Waals surface area (Å²) in [7, 11) is -3.91. The number of nitrogens with one attached hydrogen (secondary N) is 1. The standard InChI is InChI=1S/C17H19N5O3S2/c1-12-11-26-17-19-13(2)15(16(23)22(12)17)27(24,25)21-9-7-20(8-10-21)14-5-3-4-6-18-14/h3-6,11H,7-10H2,1-2H3/p+1. The molecule has 0 radical (unpaired) electrons. The minimum Gasteiger partial charge on any atom is -0.267 e. The van der Waals surface area contributed by atoms with Gasteiger partial charge in [0.2, 0.25) is 0 Å². The van der Waals surface area contributed by atoms with Gasteiger partial charge in [0.05, 0.1) is 38.1 Å². The highest BCUT2D eigenvalue weighted by Gasteiger charge is 2.35. The van der Waals surface area contributed by atoms with Crippen LogP contribution in [0.5, 0.6) is 0 Å². The maximum Gasteiger partial charge on any atom is 0.279 e. The summed E-state index contributed by atoms with van der Waals surface area (Å²) >= 11 is 1.33. The third-order valence-corrected chi connectivity index (χ3v) is 7.71. The summed E-state index contributed by atoms with van der Waals surface area (Å²) < 4.78 is 29.2. The molecular formula is C17H20N5O3S2+. The molecule has 4 rings (SSSR count). The van der Waals surface area contributed by atoms with E-state index >= 15 is 0 Å². The highest BCUT2D eigenvalue weighted by atomic mass is 32.2. The molecule has 1 saturated heterocycles. The monoisotopic (exact) mass is 406 g/mol. The number of aryl methyl sites for hydroxylation is 2. The number of anilines is 1. The molecule has 0 spiro atoms. The van der Waals surface area contributed by atoms with Crippen molar-refractivity contribution in [3.8, 4) is 0 Å². The fourth-order valence-electron chi connectivity index (χ4n) is 3.34. The molecule has 10 heteroatoms. The number of hydrogen-bond acceptors (Lipinski definition) is 6. The number of sulfonamides is 1. The van der Waals surface area contributed by atoms with Crippen molar-refractivity contribution >= 4 is 32.1 Å². The Labute approximate surface area is 160 Å². The molecule has 0 bridgehead atoms. The van der Waals surface area contributed by atoms with Crippen LogP contribution in [0.1, 0.15) is 11.4 Å². The van der Waals surface area contributed by atoms with Gasteiger partial charge in [-0.15, -0.1) is 11.3 Å². The molecule has 1 fully saturated rings. The number of thiazole rings is 1. The molecule has 0 amide bonds. The van der Waals surface area contributed by atoms with Crippen LogP contribution in [-0.4, -0.2) is 48.3 Å². The van der Waals surface area contributed by atoms with Crippen LogP contribution in [0, 0.1) is 13.8 Å². The number of pyridine rings is 1. The van der Waals surface area contributed by atoms with Crippen LogP contribution in [-0.2, 0) is 10.0 Å². The van der Waals surface area contributed by atoms with E-state index in [0.717, 1.165) is 5.82 Å². The fraction of sp³-hybridized carbons (Fsp3) is 0.353. The van der Waals surface area contributed by atoms with Crippen LogP contribution in [0.2, 0.25) is 0 Å². The van der Waals surface area contributed by atoms with Gasteiger partial charge in [0.15, 0.2) is 9.86 Å². The Hall–Kier alpha value is -2.30. The number of nitrogens with zero attached hydrogens (tertiary/aromatic N) is 4. The van der Waals surface area contributed by atoms with Crippen molar-refractivity contribution in [3.05, 3.63) is 51.5 Å². The highest BCUT2D eigenvalue weighted by molar-refractivity contribution is 7.89. The number of rotatable bonds is 3. The van der Waals surface area contributed by atoms with E-state index in [0.29, 0.717) is 36.8 Å². The maximum atomic E-state index is 13.2. The second-order valence-corrected chi connectivity index (χ2v) is 9.18. The third-order valence-electron chi connectivity index (χ3n) is 4.74. The van der Waals surface area contributed by atoms with E-state index in [4.69, 9.17) is 0 Å². The van der Waals surface area contributed by atoms with Gasteiger partial charge in [-0.25, -0.2) is 18.4 Å². The van der Waals surface area contributed by atoms with E-state index in [1.54, 1.807) is 19.2 Å². The van der Waals surface area contributed by atoms with Gasteiger partial charge in [-0.05, 0) is 19.9 Å². The number of aromatic nitrogens is 3. The van der Waals surface area contributed by atoms with Gasteiger partial charge >= 0.3 is 0 Å². The first-order valence-electron chi connectivity index (χ1n) is 8.59. The minimum absolute atomic E-state index is 0.221. The van der Waals surface area contributed by atoms with E-state index < -0.39 is 15.6 Å². The van der Waals surface area contributed by atoms with E-state index in [1.165, 1.54) is 20.0 Å². The molecule has 1 aliphatic rings. The number of hydrogen-bond donors (Lipinski definition) is 0. The normalized spacial score (nSPS) is 16.1. The zero-order chi connectivity index (χ0) is 19.2. The summed E-state index contributed by atoms with van der Waals surface area (Å²) in [6.45, 7) is 5.08. The Balaban J connectivity index is 1.66. The predicted octanol–water partition coefficient (Wildman–Crippen LogP) is 0.698. The average Bonchev–Trinajstić information content (AvgIpc) is 3.03. The molecule has 4 heterocycles. The van der Waals surface area contributed by atoms with Crippen molar-refractivity contribution in [1.29, 1.82) is 0 Å². The molecule has 27 heavy (non-hydrogen) atoms. The zero-order valence-electron chi connectivity index (χ0n) is 15.0. The number of aromatic amines is 1. The van der Waals surface area contributed by atoms with Crippen LogP contribution in [0.3, 0.4) is 0 Å². The van der Waals surface area contributed by atoms with E-state index in [2.05, 4.69) is 14.9 Å². The average molecular weight is 407 g/mol. The smallest absolute Gasteiger partial charge is 0.267 e. The van der Waals surface area contributed by atoms with Gasteiger partial charge in [-0.2, -0.15) is 4.31 Å². The molecule has 0 aliphatic carbocycles. The van der Waals surface area contributed by atoms with Crippen molar-refractivity contribution in [3.63, 3.8) is 0 Å². The van der Waals surface area contributed by atoms with Gasteiger partial charge in [0.25, 0.3) is 21.4 Å². The Bertz CT molecular complexity index is 1150. The Morgan fingerprint density at radius 1 is 1.15 bits per heavy atom. The van der Waals surface area contributed by atoms with Crippen LogP contribution >= 0.6 is 11.3 Å². The van der Waals surface area contributed by atoms with Crippen molar-refractivity contribution in [2.24, 2.45) is 0 Å². The van der Waals surface area contributed by atoms with Crippen LogP contribution in [0.25, 0.3) is 4.96 Å². The molecule has 0 atom stereocenters. The van der Waals surface area contributed by atoms with E-state index in [9.17, 15) is 13.2 Å². The zero-order valence-corrected chi connectivity index (χ0v) is 16.7. The maximum absolute atomic E-state index is 13.2. The summed E-state index contributed by atoms with van der Waals surface area (Å²) in [6, 6.07) is 5.79. The molecule has 8 nitrogen and oxygen atoms in total. The van der Waals surface area contributed by atoms with Crippen molar-refractivity contribution in [2.75, 3.05) is 31.1 Å². The number of piperazine rings is 1. The van der Waals surface area contributed by atoms with E-state index in [1.807, 2.05) is 24.4 Å². The fourth-order valence-corrected chi connectivity index (χ4v) is 5.88. The molecular weight excluding hydrogens is 386 g/mol. The summed E-state index contributed by atoms with van der Waals surface area (Å²) in [5.41, 5.74) is 0.420. The van der Waals surface area contributed by atoms with E-state index in [-0.39, 0.29) is 10.6 Å². The summed E-state index contributed by atoms with van der Waals surface area (Å²) in [5.74, 6) is 0.947. The quantitative estimate of drug-likeness (QED) is 0.639. The summed E-state index contributed by atoms with van der Waals surface area (Å²) in [5, 5.41) is 1.80. The molecule has 3 aromatic heterocycles. The first-order chi connectivity index (χ1) is 12.9. The lowest BCUT2D eigenvalue weighted by Crippen LogP contribution is -2.50. The Kier molecular flexibility index (Phi) is 4.49. The SMILES string of the molecule is Cc1nc2scc(C)n2c(=O)c1S(=O)(=O)N1CCN(c2cccc[nH+]2)CC1. The van der Waals surface area contributed by atoms with Crippen LogP contribution < -0.4 is 15.4 Å². The predicted molar refractivity (Wildman–Crippen MR) is 103 cm³/mol. The number of fused-ring (bicyclic) bond motifs is 1. The number of H-pyrrole nitrogens is 1. The Morgan fingerprint density at radius 3 is 2.56 bits per heavy atom. The molecule has 1 aliphatic heterocycles. The van der Waals surface area contributed by atoms with Gasteiger partial charge < -0.3 is 0 Å². The first kappa shape index (κ1) is 18.1. The molecule has 0 unspecified atom stereocenters. The summed E-state index contributed by atoms with van der Waals surface area (Å²) in [6.07, 6.45) is 1.84. The lowest BCUT2D eigenvalue weighted by molar-refractivity contribution is -0.364. The van der Waals surface area contributed by atoms with Gasteiger partial charge in [-0.1, -0.05) is 6.07 Å². The largest absolute Gasteiger partial charge is 0.279 e. The lowest BCUT2D eigenvalue weighted by atomic mass is 10.3. The molecule has 0 saturated carbocycles. The van der Waals surface area contributed by atoms with Crippen LogP contribution in [0.4, 0.5) is 5.82 Å². The van der Waals surface area contributed by atoms with Crippen LogP contribution in [0.15, 0.2) is 39.5 Å². The third kappa shape index (κ3) is 3.03. The molecule has 0 aromatic carbocycles. The van der Waals surface area contributed by atoms with Crippen molar-refractivity contribution in [1.82, 2.24) is 13.7 Å². The summed E-state index contributed by atoms with van der Waals surface area (Å²) in [4.78, 5) is 22.8. The Morgan fingerprint density at radius 2 is 1.89 bits per heavy atom. The van der Waals surface area contributed by atoms with Gasteiger partial charge in [0, 0.05) is 17.1 Å². The van der Waals surface area contributed by atoms with Crippen molar-refractivity contribution in [2.45, 2.75) is 18.7 Å². The second kappa shape index (κ2) is 6.70. The van der Waals surface area contributed by atoms with Crippen molar-refractivity contribution < 1.29 is 13.4 Å². The first-order valence-corrected chi connectivity index (χ1v) is 10.9. The molecule has 1 N–H and O–H groups in total. The minimum atomic E-state index is -3.91. The highest BCUT2D eigenvalue weighted by Crippen LogP contribution is 2.21. The van der Waals surface area contributed by atoms with Gasteiger partial charge in [0.1, 0.15) is 0 Å². The topological polar surface area (TPSA) is 89.1 Å².